The molecule has 1 amide bonds. The normalized spacial score (nSPS) is 18.7. The second-order valence-corrected chi connectivity index (χ2v) is 10.6. The quantitative estimate of drug-likeness (QED) is 0.781. The summed E-state index contributed by atoms with van der Waals surface area (Å²) in [7, 11) is -3.66. The van der Waals surface area contributed by atoms with Gasteiger partial charge in [-0.3, -0.25) is 9.10 Å². The van der Waals surface area contributed by atoms with Gasteiger partial charge in [0.2, 0.25) is 15.9 Å². The molecule has 0 aromatic heterocycles. The molecule has 2 aromatic carbocycles. The Bertz CT molecular complexity index is 1050. The lowest BCUT2D eigenvalue weighted by Crippen LogP contribution is -2.50. The Morgan fingerprint density at radius 3 is 2.33 bits per heavy atom. The van der Waals surface area contributed by atoms with Crippen molar-refractivity contribution < 1.29 is 17.9 Å². The summed E-state index contributed by atoms with van der Waals surface area (Å²) < 4.78 is 32.3. The second kappa shape index (κ2) is 7.95. The second-order valence-electron chi connectivity index (χ2n) is 8.74. The van der Waals surface area contributed by atoms with Gasteiger partial charge in [-0.05, 0) is 52.8 Å². The van der Waals surface area contributed by atoms with Crippen molar-refractivity contribution in [1.29, 1.82) is 0 Å². The van der Waals surface area contributed by atoms with Gasteiger partial charge in [-0.15, -0.1) is 0 Å². The van der Waals surface area contributed by atoms with Gasteiger partial charge < -0.3 is 10.1 Å². The summed E-state index contributed by atoms with van der Waals surface area (Å²) in [6, 6.07) is 11.8. The number of hydrogen-bond donors (Lipinski definition) is 1. The van der Waals surface area contributed by atoms with E-state index in [1.165, 1.54) is 4.31 Å². The Morgan fingerprint density at radius 2 is 1.73 bits per heavy atom. The van der Waals surface area contributed by atoms with Gasteiger partial charge in [0.1, 0.15) is 17.4 Å². The van der Waals surface area contributed by atoms with Crippen LogP contribution in [0.4, 0.5) is 5.69 Å². The van der Waals surface area contributed by atoms with Gasteiger partial charge in [0.05, 0.1) is 18.0 Å². The standard InChI is InChI=1S/C23H30N2O4S/c1-15-7-10-18(11-8-15)25(30(6,27)28)17(3)22(26)24-20-14-23(4,5)29-21-12-9-16(2)13-19(20)21/h7-13,17,20H,14H2,1-6H3,(H,24,26)/t17-,20-/m0/s1. The zero-order chi connectivity index (χ0) is 22.3. The SMILES string of the molecule is Cc1ccc(N([C@@H](C)C(=O)N[C@H]2CC(C)(C)Oc3ccc(C)cc32)S(C)(=O)=O)cc1. The number of rotatable bonds is 5. The number of nitrogens with one attached hydrogen (secondary N) is 1. The molecule has 0 fully saturated rings. The lowest BCUT2D eigenvalue weighted by molar-refractivity contribution is -0.123. The Labute approximate surface area is 179 Å². The average Bonchev–Trinajstić information content (AvgIpc) is 2.62. The molecule has 0 saturated heterocycles. The lowest BCUT2D eigenvalue weighted by Gasteiger charge is -2.39. The number of hydrogen-bond acceptors (Lipinski definition) is 4. The summed E-state index contributed by atoms with van der Waals surface area (Å²) in [6.45, 7) is 9.49. The number of aryl methyl sites for hydroxylation is 2. The van der Waals surface area contributed by atoms with Gasteiger partial charge >= 0.3 is 0 Å². The summed E-state index contributed by atoms with van der Waals surface area (Å²) in [5, 5.41) is 3.07. The van der Waals surface area contributed by atoms with Crippen LogP contribution in [0.15, 0.2) is 42.5 Å². The average molecular weight is 431 g/mol. The third-order valence-corrected chi connectivity index (χ3v) is 6.56. The van der Waals surface area contributed by atoms with E-state index in [1.54, 1.807) is 19.1 Å². The molecular weight excluding hydrogens is 400 g/mol. The molecule has 1 aliphatic rings. The van der Waals surface area contributed by atoms with E-state index < -0.39 is 21.7 Å². The Hall–Kier alpha value is -2.54. The van der Waals surface area contributed by atoms with Gasteiger partial charge in [-0.1, -0.05) is 35.4 Å². The first-order valence-electron chi connectivity index (χ1n) is 10.0. The van der Waals surface area contributed by atoms with E-state index in [0.717, 1.165) is 28.7 Å². The van der Waals surface area contributed by atoms with Gasteiger partial charge in [0.25, 0.3) is 0 Å². The van der Waals surface area contributed by atoms with E-state index >= 15 is 0 Å². The highest BCUT2D eigenvalue weighted by atomic mass is 32.2. The van der Waals surface area contributed by atoms with Crippen LogP contribution in [0.3, 0.4) is 0 Å². The summed E-state index contributed by atoms with van der Waals surface area (Å²) >= 11 is 0. The number of carbonyl (C=O) groups is 1. The molecule has 7 heteroatoms. The molecular formula is C23H30N2O4S. The minimum absolute atomic E-state index is 0.266. The van der Waals surface area contributed by atoms with Crippen LogP contribution in [0.5, 0.6) is 5.75 Å². The summed E-state index contributed by atoms with van der Waals surface area (Å²) in [6.07, 6.45) is 1.71. The minimum atomic E-state index is -3.66. The Morgan fingerprint density at radius 1 is 1.13 bits per heavy atom. The van der Waals surface area contributed by atoms with Crippen LogP contribution in [-0.4, -0.2) is 32.2 Å². The molecule has 0 saturated carbocycles. The maximum absolute atomic E-state index is 13.2. The molecule has 2 aromatic rings. The number of fused-ring (bicyclic) bond motifs is 1. The molecule has 1 heterocycles. The molecule has 2 atom stereocenters. The largest absolute Gasteiger partial charge is 0.487 e. The number of sulfonamides is 1. The van der Waals surface area contributed by atoms with Crippen molar-refractivity contribution in [2.24, 2.45) is 0 Å². The number of benzene rings is 2. The summed E-state index contributed by atoms with van der Waals surface area (Å²) in [5.41, 5.74) is 3.02. The maximum Gasteiger partial charge on any atom is 0.244 e. The lowest BCUT2D eigenvalue weighted by atomic mass is 9.89. The van der Waals surface area contributed by atoms with Crippen molar-refractivity contribution in [3.63, 3.8) is 0 Å². The van der Waals surface area contributed by atoms with Crippen LogP contribution in [-0.2, 0) is 14.8 Å². The molecule has 1 N–H and O–H groups in total. The number of nitrogens with zero attached hydrogens (tertiary/aromatic N) is 1. The van der Waals surface area contributed by atoms with Crippen molar-refractivity contribution in [2.45, 2.75) is 58.7 Å². The Kier molecular flexibility index (Phi) is 5.87. The summed E-state index contributed by atoms with van der Waals surface area (Å²) in [4.78, 5) is 13.2. The third-order valence-electron chi connectivity index (χ3n) is 5.32. The fourth-order valence-electron chi connectivity index (χ4n) is 3.90. The number of anilines is 1. The molecule has 0 bridgehead atoms. The fourth-order valence-corrected chi connectivity index (χ4v) is 5.07. The van der Waals surface area contributed by atoms with Gasteiger partial charge in [0.15, 0.2) is 0 Å². The van der Waals surface area contributed by atoms with E-state index in [9.17, 15) is 13.2 Å². The van der Waals surface area contributed by atoms with Gasteiger partial charge in [0, 0.05) is 12.0 Å². The van der Waals surface area contributed by atoms with E-state index in [-0.39, 0.29) is 11.9 Å². The number of ether oxygens (including phenoxy) is 1. The van der Waals surface area contributed by atoms with Crippen LogP contribution in [0.1, 0.15) is 49.9 Å². The van der Waals surface area contributed by atoms with Crippen molar-refractivity contribution in [3.8, 4) is 5.75 Å². The van der Waals surface area contributed by atoms with Crippen molar-refractivity contribution in [1.82, 2.24) is 5.32 Å². The van der Waals surface area contributed by atoms with E-state index in [2.05, 4.69) is 5.32 Å². The molecule has 0 unspecified atom stereocenters. The highest BCUT2D eigenvalue weighted by Gasteiger charge is 2.37. The smallest absolute Gasteiger partial charge is 0.244 e. The Balaban J connectivity index is 1.90. The highest BCUT2D eigenvalue weighted by Crippen LogP contribution is 2.40. The maximum atomic E-state index is 13.2. The first-order chi connectivity index (χ1) is 13.9. The molecule has 1 aliphatic heterocycles. The van der Waals surface area contributed by atoms with Crippen molar-refractivity contribution in [2.75, 3.05) is 10.6 Å². The van der Waals surface area contributed by atoms with Gasteiger partial charge in [-0.25, -0.2) is 8.42 Å². The van der Waals surface area contributed by atoms with Crippen molar-refractivity contribution >= 4 is 21.6 Å². The number of carbonyl (C=O) groups excluding carboxylic acids is 1. The first kappa shape index (κ1) is 22.2. The third kappa shape index (κ3) is 4.78. The first-order valence-corrected chi connectivity index (χ1v) is 11.9. The molecule has 3 rings (SSSR count). The molecule has 6 nitrogen and oxygen atoms in total. The monoisotopic (exact) mass is 430 g/mol. The van der Waals surface area contributed by atoms with Gasteiger partial charge in [-0.2, -0.15) is 0 Å². The zero-order valence-electron chi connectivity index (χ0n) is 18.4. The van der Waals surface area contributed by atoms with Crippen LogP contribution in [0, 0.1) is 13.8 Å². The minimum Gasteiger partial charge on any atom is -0.487 e. The highest BCUT2D eigenvalue weighted by molar-refractivity contribution is 7.92. The molecule has 0 radical (unpaired) electrons. The van der Waals surface area contributed by atoms with Crippen LogP contribution >= 0.6 is 0 Å². The van der Waals surface area contributed by atoms with Crippen molar-refractivity contribution in [3.05, 3.63) is 59.2 Å². The zero-order valence-corrected chi connectivity index (χ0v) is 19.2. The van der Waals surface area contributed by atoms with Crippen LogP contribution in [0.25, 0.3) is 0 Å². The van der Waals surface area contributed by atoms with Crippen LogP contribution in [0.2, 0.25) is 0 Å². The van der Waals surface area contributed by atoms with E-state index in [1.807, 2.05) is 58.0 Å². The molecule has 0 aliphatic carbocycles. The van der Waals surface area contributed by atoms with E-state index in [4.69, 9.17) is 4.74 Å². The van der Waals surface area contributed by atoms with Crippen LogP contribution < -0.4 is 14.4 Å². The molecule has 162 valence electrons. The molecule has 0 spiro atoms. The summed E-state index contributed by atoms with van der Waals surface area (Å²) in [5.74, 6) is 0.393. The number of amides is 1. The predicted molar refractivity (Wildman–Crippen MR) is 119 cm³/mol. The van der Waals surface area contributed by atoms with E-state index in [0.29, 0.717) is 12.1 Å². The fraction of sp³-hybridized carbons (Fsp3) is 0.435. The molecule has 30 heavy (non-hydrogen) atoms. The topological polar surface area (TPSA) is 75.7 Å². The predicted octanol–water partition coefficient (Wildman–Crippen LogP) is 3.88.